The summed E-state index contributed by atoms with van der Waals surface area (Å²) in [5.74, 6) is 0.492. The van der Waals surface area contributed by atoms with Gasteiger partial charge in [-0.1, -0.05) is 12.1 Å². The maximum atomic E-state index is 12.0. The maximum Gasteiger partial charge on any atom is 0.246 e. The van der Waals surface area contributed by atoms with Gasteiger partial charge >= 0.3 is 0 Å². The van der Waals surface area contributed by atoms with Gasteiger partial charge in [-0.25, -0.2) is 0 Å². The summed E-state index contributed by atoms with van der Waals surface area (Å²) in [5.41, 5.74) is 3.45. The van der Waals surface area contributed by atoms with Crippen LogP contribution >= 0.6 is 0 Å². The van der Waals surface area contributed by atoms with Gasteiger partial charge in [0.05, 0.1) is 7.11 Å². The molecule has 0 saturated carbocycles. The summed E-state index contributed by atoms with van der Waals surface area (Å²) in [6, 6.07) is 10.6. The van der Waals surface area contributed by atoms with Gasteiger partial charge in [0.25, 0.3) is 0 Å². The molecule has 0 aliphatic heterocycles. The van der Waals surface area contributed by atoms with Crippen LogP contribution in [-0.4, -0.2) is 30.9 Å². The summed E-state index contributed by atoms with van der Waals surface area (Å²) in [7, 11) is 1.55. The summed E-state index contributed by atoms with van der Waals surface area (Å²) < 4.78 is 5.09. The number of amides is 1. The first-order valence-electron chi connectivity index (χ1n) is 7.24. The van der Waals surface area contributed by atoms with Crippen molar-refractivity contribution in [3.63, 3.8) is 0 Å². The van der Waals surface area contributed by atoms with E-state index in [0.717, 1.165) is 16.8 Å². The molecule has 5 nitrogen and oxygen atoms in total. The van der Waals surface area contributed by atoms with Gasteiger partial charge in [0, 0.05) is 17.5 Å². The van der Waals surface area contributed by atoms with Crippen LogP contribution in [0.5, 0.6) is 11.5 Å². The third-order valence-electron chi connectivity index (χ3n) is 3.58. The lowest BCUT2D eigenvalue weighted by atomic mass is 10.1. The lowest BCUT2D eigenvalue weighted by Gasteiger charge is -2.09. The van der Waals surface area contributed by atoms with Crippen molar-refractivity contribution in [3.8, 4) is 11.5 Å². The highest BCUT2D eigenvalue weighted by molar-refractivity contribution is 5.95. The average Bonchev–Trinajstić information content (AvgIpc) is 2.53. The van der Waals surface area contributed by atoms with Gasteiger partial charge in [0.2, 0.25) is 5.91 Å². The van der Waals surface area contributed by atoms with Gasteiger partial charge in [-0.15, -0.1) is 0 Å². The standard InChI is InChI=1S/C18H20N2O3/c1-12-5-4-6-16(13(12)2)20-18(22)11-19-10-14-9-15(23-3)7-8-17(14)21/h4-10,21H,11H2,1-3H3,(H,20,22). The molecule has 0 fully saturated rings. The van der Waals surface area contributed by atoms with E-state index in [4.69, 9.17) is 4.74 Å². The number of aliphatic imine (C=N–C) groups is 1. The molecule has 120 valence electrons. The van der Waals surface area contributed by atoms with E-state index in [0.29, 0.717) is 11.3 Å². The van der Waals surface area contributed by atoms with Gasteiger partial charge in [0.1, 0.15) is 18.0 Å². The minimum atomic E-state index is -0.211. The summed E-state index contributed by atoms with van der Waals surface area (Å²) in [6.45, 7) is 3.93. The second-order valence-electron chi connectivity index (χ2n) is 5.19. The minimum absolute atomic E-state index is 0.0238. The first kappa shape index (κ1) is 16.5. The van der Waals surface area contributed by atoms with Crippen LogP contribution in [0.2, 0.25) is 0 Å². The summed E-state index contributed by atoms with van der Waals surface area (Å²) >= 11 is 0. The van der Waals surface area contributed by atoms with E-state index in [9.17, 15) is 9.90 Å². The van der Waals surface area contributed by atoms with Crippen molar-refractivity contribution in [1.82, 2.24) is 0 Å². The largest absolute Gasteiger partial charge is 0.507 e. The van der Waals surface area contributed by atoms with Crippen LogP contribution in [0, 0.1) is 13.8 Å². The predicted molar refractivity (Wildman–Crippen MR) is 91.7 cm³/mol. The lowest BCUT2D eigenvalue weighted by Crippen LogP contribution is -2.15. The van der Waals surface area contributed by atoms with Gasteiger partial charge in [-0.3, -0.25) is 9.79 Å². The second kappa shape index (κ2) is 7.45. The molecule has 2 aromatic rings. The number of rotatable bonds is 5. The van der Waals surface area contributed by atoms with Crippen molar-refractivity contribution in [1.29, 1.82) is 0 Å². The Labute approximate surface area is 135 Å². The lowest BCUT2D eigenvalue weighted by molar-refractivity contribution is -0.114. The predicted octanol–water partition coefficient (Wildman–Crippen LogP) is 3.08. The normalized spacial score (nSPS) is 10.7. The molecule has 0 unspecified atom stereocenters. The van der Waals surface area contributed by atoms with Crippen LogP contribution < -0.4 is 10.1 Å². The monoisotopic (exact) mass is 312 g/mol. The number of phenols is 1. The molecule has 0 heterocycles. The third kappa shape index (κ3) is 4.32. The smallest absolute Gasteiger partial charge is 0.246 e. The van der Waals surface area contributed by atoms with E-state index >= 15 is 0 Å². The van der Waals surface area contributed by atoms with Gasteiger partial charge < -0.3 is 15.2 Å². The van der Waals surface area contributed by atoms with E-state index in [2.05, 4.69) is 10.3 Å². The highest BCUT2D eigenvalue weighted by atomic mass is 16.5. The van der Waals surface area contributed by atoms with E-state index in [-0.39, 0.29) is 18.2 Å². The quantitative estimate of drug-likeness (QED) is 0.834. The summed E-state index contributed by atoms with van der Waals surface area (Å²) in [6.07, 6.45) is 1.46. The molecule has 0 aliphatic rings. The zero-order chi connectivity index (χ0) is 16.8. The van der Waals surface area contributed by atoms with Crippen LogP contribution in [0.3, 0.4) is 0 Å². The molecular formula is C18H20N2O3. The number of hydrogen-bond donors (Lipinski definition) is 2. The SMILES string of the molecule is COc1ccc(O)c(C=NCC(=O)Nc2cccc(C)c2C)c1. The number of benzene rings is 2. The number of methoxy groups -OCH3 is 1. The maximum absolute atomic E-state index is 12.0. The van der Waals surface area contributed by atoms with Crippen molar-refractivity contribution in [2.24, 2.45) is 4.99 Å². The van der Waals surface area contributed by atoms with Crippen molar-refractivity contribution in [3.05, 3.63) is 53.1 Å². The van der Waals surface area contributed by atoms with Crippen LogP contribution in [0.1, 0.15) is 16.7 Å². The van der Waals surface area contributed by atoms with E-state index in [1.165, 1.54) is 12.3 Å². The van der Waals surface area contributed by atoms with Crippen molar-refractivity contribution < 1.29 is 14.6 Å². The number of anilines is 1. The number of nitrogens with one attached hydrogen (secondary N) is 1. The van der Waals surface area contributed by atoms with Crippen LogP contribution in [0.25, 0.3) is 0 Å². The molecular weight excluding hydrogens is 292 g/mol. The number of aryl methyl sites for hydroxylation is 1. The Balaban J connectivity index is 2.00. The molecule has 5 heteroatoms. The fourth-order valence-corrected chi connectivity index (χ4v) is 2.07. The summed E-state index contributed by atoms with van der Waals surface area (Å²) in [4.78, 5) is 16.0. The number of hydrogen-bond acceptors (Lipinski definition) is 4. The van der Waals surface area contributed by atoms with E-state index in [1.54, 1.807) is 19.2 Å². The molecule has 0 atom stereocenters. The minimum Gasteiger partial charge on any atom is -0.507 e. The Morgan fingerprint density at radius 1 is 1.30 bits per heavy atom. The van der Waals surface area contributed by atoms with E-state index < -0.39 is 0 Å². The van der Waals surface area contributed by atoms with Gasteiger partial charge in [-0.2, -0.15) is 0 Å². The van der Waals surface area contributed by atoms with Gasteiger partial charge in [-0.05, 0) is 49.2 Å². The highest BCUT2D eigenvalue weighted by Crippen LogP contribution is 2.21. The molecule has 2 aromatic carbocycles. The zero-order valence-corrected chi connectivity index (χ0v) is 13.5. The Bertz CT molecular complexity index is 739. The number of carbonyl (C=O) groups is 1. The highest BCUT2D eigenvalue weighted by Gasteiger charge is 2.05. The number of nitrogens with zero attached hydrogens (tertiary/aromatic N) is 1. The molecule has 0 aliphatic carbocycles. The fraction of sp³-hybridized carbons (Fsp3) is 0.222. The Morgan fingerprint density at radius 2 is 2.09 bits per heavy atom. The number of ether oxygens (including phenoxy) is 1. The molecule has 0 saturated heterocycles. The Kier molecular flexibility index (Phi) is 5.36. The van der Waals surface area contributed by atoms with Crippen molar-refractivity contribution in [2.45, 2.75) is 13.8 Å². The Morgan fingerprint density at radius 3 is 2.83 bits per heavy atom. The van der Waals surface area contributed by atoms with E-state index in [1.807, 2.05) is 32.0 Å². The van der Waals surface area contributed by atoms with Crippen molar-refractivity contribution in [2.75, 3.05) is 19.0 Å². The van der Waals surface area contributed by atoms with Gasteiger partial charge in [0.15, 0.2) is 0 Å². The van der Waals surface area contributed by atoms with Crippen LogP contribution in [0.4, 0.5) is 5.69 Å². The molecule has 0 spiro atoms. The second-order valence-corrected chi connectivity index (χ2v) is 5.19. The first-order valence-corrected chi connectivity index (χ1v) is 7.24. The van der Waals surface area contributed by atoms with Crippen LogP contribution in [-0.2, 0) is 4.79 Å². The average molecular weight is 312 g/mol. The van der Waals surface area contributed by atoms with Crippen molar-refractivity contribution >= 4 is 17.8 Å². The summed E-state index contributed by atoms with van der Waals surface area (Å²) in [5, 5.41) is 12.6. The first-order chi connectivity index (χ1) is 11.0. The number of aromatic hydroxyl groups is 1. The molecule has 2 N–H and O–H groups in total. The van der Waals surface area contributed by atoms with Crippen LogP contribution in [0.15, 0.2) is 41.4 Å². The molecule has 1 amide bonds. The molecule has 0 radical (unpaired) electrons. The molecule has 0 bridgehead atoms. The molecule has 23 heavy (non-hydrogen) atoms. The topological polar surface area (TPSA) is 70.9 Å². The molecule has 2 rings (SSSR count). The number of carbonyl (C=O) groups excluding carboxylic acids is 1. The third-order valence-corrected chi connectivity index (χ3v) is 3.58. The number of phenolic OH excluding ortho intramolecular Hbond substituents is 1. The fourth-order valence-electron chi connectivity index (χ4n) is 2.07. The zero-order valence-electron chi connectivity index (χ0n) is 13.5. The Hall–Kier alpha value is -2.82. The molecule has 0 aromatic heterocycles.